The molecule has 0 bridgehead atoms. The number of hydrogen-bond acceptors (Lipinski definition) is 3. The van der Waals surface area contributed by atoms with Gasteiger partial charge in [0.1, 0.15) is 0 Å². The average molecular weight is 282 g/mol. The van der Waals surface area contributed by atoms with E-state index in [4.69, 9.17) is 5.73 Å². The normalized spacial score (nSPS) is 15.2. The molecule has 0 unspecified atom stereocenters. The van der Waals surface area contributed by atoms with Gasteiger partial charge in [-0.15, -0.1) is 0 Å². The van der Waals surface area contributed by atoms with Gasteiger partial charge in [-0.25, -0.2) is 8.42 Å². The van der Waals surface area contributed by atoms with E-state index in [2.05, 4.69) is 0 Å². The molecule has 0 radical (unpaired) electrons. The first-order valence-corrected chi connectivity index (χ1v) is 8.24. The Morgan fingerprint density at radius 2 is 1.95 bits per heavy atom. The van der Waals surface area contributed by atoms with Crippen molar-refractivity contribution >= 4 is 10.0 Å². The molecule has 0 heterocycles. The molecule has 0 amide bonds. The van der Waals surface area contributed by atoms with E-state index in [1.165, 1.54) is 15.4 Å². The smallest absolute Gasteiger partial charge is 0.243 e. The topological polar surface area (TPSA) is 63.4 Å². The molecule has 0 aromatic heterocycles. The van der Waals surface area contributed by atoms with Gasteiger partial charge in [0, 0.05) is 19.1 Å². The Labute approximate surface area is 115 Å². The first-order chi connectivity index (χ1) is 8.96. The molecule has 0 atom stereocenters. The van der Waals surface area contributed by atoms with Gasteiger partial charge in [0.05, 0.1) is 4.90 Å². The fourth-order valence-corrected chi connectivity index (χ4v) is 4.33. The van der Waals surface area contributed by atoms with E-state index < -0.39 is 10.0 Å². The molecular weight excluding hydrogens is 260 g/mol. The molecule has 5 heteroatoms. The number of hydrogen-bond donors (Lipinski definition) is 1. The van der Waals surface area contributed by atoms with E-state index >= 15 is 0 Å². The minimum atomic E-state index is -3.43. The molecule has 0 saturated carbocycles. The van der Waals surface area contributed by atoms with Crippen molar-refractivity contribution in [3.8, 4) is 0 Å². The lowest BCUT2D eigenvalue weighted by Gasteiger charge is -2.25. The summed E-state index contributed by atoms with van der Waals surface area (Å²) in [6, 6.07) is 5.44. The summed E-state index contributed by atoms with van der Waals surface area (Å²) in [6.45, 7) is 4.45. The molecule has 106 valence electrons. The van der Waals surface area contributed by atoms with Gasteiger partial charge in [0.15, 0.2) is 0 Å². The van der Waals surface area contributed by atoms with E-state index in [1.807, 2.05) is 26.0 Å². The minimum Gasteiger partial charge on any atom is -0.329 e. The van der Waals surface area contributed by atoms with Gasteiger partial charge in [-0.3, -0.25) is 0 Å². The Hall–Kier alpha value is -0.910. The first kappa shape index (κ1) is 14.5. The zero-order chi connectivity index (χ0) is 14.0. The molecule has 0 spiro atoms. The van der Waals surface area contributed by atoms with Crippen molar-refractivity contribution in [2.24, 2.45) is 5.73 Å². The van der Waals surface area contributed by atoms with Gasteiger partial charge in [-0.1, -0.05) is 6.07 Å². The van der Waals surface area contributed by atoms with Crippen LogP contribution in [-0.2, 0) is 22.9 Å². The van der Waals surface area contributed by atoms with Crippen molar-refractivity contribution in [1.82, 2.24) is 4.31 Å². The van der Waals surface area contributed by atoms with E-state index in [-0.39, 0.29) is 6.04 Å². The third-order valence-corrected chi connectivity index (χ3v) is 5.67. The summed E-state index contributed by atoms with van der Waals surface area (Å²) in [5, 5.41) is 0. The first-order valence-electron chi connectivity index (χ1n) is 6.80. The van der Waals surface area contributed by atoms with Crippen LogP contribution in [0.15, 0.2) is 23.1 Å². The number of rotatable bonds is 5. The van der Waals surface area contributed by atoms with E-state index in [0.717, 1.165) is 19.3 Å². The van der Waals surface area contributed by atoms with Crippen LogP contribution in [0.3, 0.4) is 0 Å². The van der Waals surface area contributed by atoms with Crippen LogP contribution >= 0.6 is 0 Å². The van der Waals surface area contributed by atoms with Crippen LogP contribution in [0.4, 0.5) is 0 Å². The molecule has 1 aliphatic carbocycles. The second kappa shape index (κ2) is 5.61. The number of nitrogens with zero attached hydrogens (tertiary/aromatic N) is 1. The van der Waals surface area contributed by atoms with Crippen LogP contribution in [0.25, 0.3) is 0 Å². The van der Waals surface area contributed by atoms with Crippen LogP contribution in [0.1, 0.15) is 31.4 Å². The van der Waals surface area contributed by atoms with Crippen molar-refractivity contribution in [1.29, 1.82) is 0 Å². The molecule has 0 aliphatic heterocycles. The maximum atomic E-state index is 12.6. The Balaban J connectivity index is 2.38. The average Bonchev–Trinajstić information content (AvgIpc) is 2.82. The number of aryl methyl sites for hydroxylation is 2. The summed E-state index contributed by atoms with van der Waals surface area (Å²) < 4.78 is 26.7. The van der Waals surface area contributed by atoms with Gasteiger partial charge < -0.3 is 5.73 Å². The molecule has 19 heavy (non-hydrogen) atoms. The van der Waals surface area contributed by atoms with Crippen LogP contribution in [0.5, 0.6) is 0 Å². The fraction of sp³-hybridized carbons (Fsp3) is 0.571. The summed E-state index contributed by atoms with van der Waals surface area (Å²) in [4.78, 5) is 0.398. The molecule has 2 rings (SSSR count). The summed E-state index contributed by atoms with van der Waals surface area (Å²) in [7, 11) is -3.43. The SMILES string of the molecule is CC(C)N(CCN)S(=O)(=O)c1ccc2c(c1)CCC2. The maximum Gasteiger partial charge on any atom is 0.243 e. The predicted molar refractivity (Wildman–Crippen MR) is 76.5 cm³/mol. The predicted octanol–water partition coefficient (Wildman–Crippen LogP) is 1.53. The fourth-order valence-electron chi connectivity index (χ4n) is 2.63. The highest BCUT2D eigenvalue weighted by Crippen LogP contribution is 2.26. The van der Waals surface area contributed by atoms with E-state index in [1.54, 1.807) is 6.07 Å². The van der Waals surface area contributed by atoms with Gasteiger partial charge in [-0.2, -0.15) is 4.31 Å². The molecule has 2 N–H and O–H groups in total. The minimum absolute atomic E-state index is 0.0817. The Kier molecular flexibility index (Phi) is 4.28. The molecule has 4 nitrogen and oxygen atoms in total. The number of nitrogens with two attached hydrogens (primary N) is 1. The maximum absolute atomic E-state index is 12.6. The third-order valence-electron chi connectivity index (χ3n) is 3.60. The summed E-state index contributed by atoms with van der Waals surface area (Å²) in [6.07, 6.45) is 3.17. The summed E-state index contributed by atoms with van der Waals surface area (Å²) in [5.41, 5.74) is 7.99. The molecular formula is C14H22N2O2S. The molecule has 0 saturated heterocycles. The lowest BCUT2D eigenvalue weighted by Crippen LogP contribution is -2.40. The molecule has 0 fully saturated rings. The zero-order valence-corrected chi connectivity index (χ0v) is 12.4. The van der Waals surface area contributed by atoms with Crippen molar-refractivity contribution in [3.63, 3.8) is 0 Å². The summed E-state index contributed by atoms with van der Waals surface area (Å²) in [5.74, 6) is 0. The van der Waals surface area contributed by atoms with Gasteiger partial charge >= 0.3 is 0 Å². The van der Waals surface area contributed by atoms with Gasteiger partial charge in [-0.05, 0) is 56.4 Å². The van der Waals surface area contributed by atoms with Crippen LogP contribution < -0.4 is 5.73 Å². The van der Waals surface area contributed by atoms with Crippen LogP contribution in [0.2, 0.25) is 0 Å². The lowest BCUT2D eigenvalue weighted by molar-refractivity contribution is 0.361. The highest BCUT2D eigenvalue weighted by Gasteiger charge is 2.27. The van der Waals surface area contributed by atoms with Crippen molar-refractivity contribution in [2.75, 3.05) is 13.1 Å². The largest absolute Gasteiger partial charge is 0.329 e. The molecule has 1 aromatic carbocycles. The zero-order valence-electron chi connectivity index (χ0n) is 11.6. The van der Waals surface area contributed by atoms with E-state index in [9.17, 15) is 8.42 Å². The molecule has 1 aromatic rings. The Morgan fingerprint density at radius 1 is 1.26 bits per heavy atom. The van der Waals surface area contributed by atoms with Crippen LogP contribution in [-0.4, -0.2) is 31.9 Å². The highest BCUT2D eigenvalue weighted by atomic mass is 32.2. The van der Waals surface area contributed by atoms with Crippen molar-refractivity contribution in [3.05, 3.63) is 29.3 Å². The third kappa shape index (κ3) is 2.83. The van der Waals surface area contributed by atoms with Gasteiger partial charge in [0.25, 0.3) is 0 Å². The lowest BCUT2D eigenvalue weighted by atomic mass is 10.1. The van der Waals surface area contributed by atoms with Crippen molar-refractivity contribution < 1.29 is 8.42 Å². The Bertz CT molecular complexity index is 553. The molecule has 1 aliphatic rings. The van der Waals surface area contributed by atoms with Crippen molar-refractivity contribution in [2.45, 2.75) is 44.0 Å². The standard InChI is InChI=1S/C14H22N2O2S/c1-11(2)16(9-8-15)19(17,18)14-7-6-12-4-3-5-13(12)10-14/h6-7,10-11H,3-5,8-9,15H2,1-2H3. The second-order valence-electron chi connectivity index (χ2n) is 5.28. The summed E-state index contributed by atoms with van der Waals surface area (Å²) >= 11 is 0. The van der Waals surface area contributed by atoms with Gasteiger partial charge in [0.2, 0.25) is 10.0 Å². The quantitative estimate of drug-likeness (QED) is 0.891. The van der Waals surface area contributed by atoms with Crippen LogP contribution in [0, 0.1) is 0 Å². The number of sulfonamides is 1. The monoisotopic (exact) mass is 282 g/mol. The highest BCUT2D eigenvalue weighted by molar-refractivity contribution is 7.89. The number of benzene rings is 1. The second-order valence-corrected chi connectivity index (χ2v) is 7.17. The number of fused-ring (bicyclic) bond motifs is 1. The van der Waals surface area contributed by atoms with E-state index in [0.29, 0.717) is 18.0 Å². The Morgan fingerprint density at radius 3 is 2.58 bits per heavy atom.